The zero-order valence-electron chi connectivity index (χ0n) is 8.57. The van der Waals surface area contributed by atoms with Crippen LogP contribution >= 0.6 is 15.9 Å². The summed E-state index contributed by atoms with van der Waals surface area (Å²) in [6, 6.07) is 0. The molecule has 0 unspecified atom stereocenters. The van der Waals surface area contributed by atoms with Gasteiger partial charge in [-0.15, -0.1) is 0 Å². The van der Waals surface area contributed by atoms with E-state index in [1.807, 2.05) is 0 Å². The van der Waals surface area contributed by atoms with Crippen molar-refractivity contribution in [2.75, 3.05) is 25.6 Å². The van der Waals surface area contributed by atoms with E-state index in [0.29, 0.717) is 29.4 Å². The Kier molecular flexibility index (Phi) is 5.34. The lowest BCUT2D eigenvalue weighted by Gasteiger charge is -2.07. The average molecular weight is 276 g/mol. The van der Waals surface area contributed by atoms with Crippen molar-refractivity contribution in [1.82, 2.24) is 9.97 Å². The zero-order valence-corrected chi connectivity index (χ0v) is 10.2. The van der Waals surface area contributed by atoms with Crippen molar-refractivity contribution >= 4 is 21.7 Å². The molecule has 6 heteroatoms. The highest BCUT2D eigenvalue weighted by molar-refractivity contribution is 9.10. The van der Waals surface area contributed by atoms with Crippen LogP contribution in [0.4, 0.5) is 5.82 Å². The van der Waals surface area contributed by atoms with Gasteiger partial charge in [-0.2, -0.15) is 0 Å². The number of rotatable bonds is 6. The van der Waals surface area contributed by atoms with E-state index in [2.05, 4.69) is 32.8 Å². The van der Waals surface area contributed by atoms with Crippen LogP contribution in [-0.2, 0) is 4.74 Å². The van der Waals surface area contributed by atoms with Crippen LogP contribution in [0, 0.1) is 0 Å². The van der Waals surface area contributed by atoms with Gasteiger partial charge in [0.05, 0.1) is 6.61 Å². The average Bonchev–Trinajstić information content (AvgIpc) is 2.24. The third-order valence-electron chi connectivity index (χ3n) is 1.60. The van der Waals surface area contributed by atoms with Gasteiger partial charge in [0.25, 0.3) is 0 Å². The minimum absolute atomic E-state index is 0.370. The van der Waals surface area contributed by atoms with E-state index in [4.69, 9.17) is 15.2 Å². The molecule has 84 valence electrons. The Morgan fingerprint density at radius 1 is 1.33 bits per heavy atom. The van der Waals surface area contributed by atoms with Gasteiger partial charge in [0.2, 0.25) is 5.88 Å². The standard InChI is InChI=1S/C9H14BrN3O2/c1-2-3-14-4-5-15-9-7(10)8(11)12-6-13-9/h6H,2-5H2,1H3,(H2,11,12,13). The number of hydrogen-bond donors (Lipinski definition) is 1. The largest absolute Gasteiger partial charge is 0.474 e. The topological polar surface area (TPSA) is 70.3 Å². The summed E-state index contributed by atoms with van der Waals surface area (Å²) in [5.41, 5.74) is 5.56. The first kappa shape index (κ1) is 12.2. The molecule has 0 fully saturated rings. The summed E-state index contributed by atoms with van der Waals surface area (Å²) < 4.78 is 11.2. The summed E-state index contributed by atoms with van der Waals surface area (Å²) in [4.78, 5) is 7.75. The lowest BCUT2D eigenvalue weighted by atomic mass is 10.5. The molecule has 0 bridgehead atoms. The van der Waals surface area contributed by atoms with Crippen molar-refractivity contribution in [2.45, 2.75) is 13.3 Å². The molecule has 0 aliphatic carbocycles. The normalized spacial score (nSPS) is 10.3. The van der Waals surface area contributed by atoms with Crippen molar-refractivity contribution in [3.05, 3.63) is 10.8 Å². The molecular weight excluding hydrogens is 262 g/mol. The van der Waals surface area contributed by atoms with Gasteiger partial charge in [-0.05, 0) is 22.4 Å². The van der Waals surface area contributed by atoms with Gasteiger partial charge >= 0.3 is 0 Å². The van der Waals surface area contributed by atoms with Gasteiger partial charge in [0.15, 0.2) is 0 Å². The summed E-state index contributed by atoms with van der Waals surface area (Å²) in [5.74, 6) is 0.817. The molecule has 1 heterocycles. The first-order valence-electron chi connectivity index (χ1n) is 4.72. The Morgan fingerprint density at radius 2 is 2.13 bits per heavy atom. The van der Waals surface area contributed by atoms with Crippen molar-refractivity contribution in [3.8, 4) is 5.88 Å². The number of hydrogen-bond acceptors (Lipinski definition) is 5. The van der Waals surface area contributed by atoms with Crippen LogP contribution in [0.5, 0.6) is 5.88 Å². The van der Waals surface area contributed by atoms with Crippen LogP contribution in [0.15, 0.2) is 10.8 Å². The molecule has 15 heavy (non-hydrogen) atoms. The van der Waals surface area contributed by atoms with Gasteiger partial charge in [0, 0.05) is 6.61 Å². The minimum atomic E-state index is 0.370. The van der Waals surface area contributed by atoms with E-state index in [-0.39, 0.29) is 0 Å². The Hall–Kier alpha value is -0.880. The zero-order chi connectivity index (χ0) is 11.1. The van der Waals surface area contributed by atoms with Crippen molar-refractivity contribution in [3.63, 3.8) is 0 Å². The molecule has 1 aromatic rings. The smallest absolute Gasteiger partial charge is 0.233 e. The second-order valence-corrected chi connectivity index (χ2v) is 3.63. The highest BCUT2D eigenvalue weighted by Gasteiger charge is 2.06. The monoisotopic (exact) mass is 275 g/mol. The van der Waals surface area contributed by atoms with Crippen LogP contribution in [0.1, 0.15) is 13.3 Å². The van der Waals surface area contributed by atoms with Crippen LogP contribution in [0.2, 0.25) is 0 Å². The lowest BCUT2D eigenvalue weighted by molar-refractivity contribution is 0.0987. The molecule has 0 atom stereocenters. The molecule has 5 nitrogen and oxygen atoms in total. The number of ether oxygens (including phenoxy) is 2. The van der Waals surface area contributed by atoms with Crippen molar-refractivity contribution < 1.29 is 9.47 Å². The first-order chi connectivity index (χ1) is 7.25. The Labute approximate surface area is 97.1 Å². The second-order valence-electron chi connectivity index (χ2n) is 2.84. The van der Waals surface area contributed by atoms with Gasteiger partial charge < -0.3 is 15.2 Å². The number of nitrogens with two attached hydrogens (primary N) is 1. The minimum Gasteiger partial charge on any atom is -0.474 e. The molecular formula is C9H14BrN3O2. The summed E-state index contributed by atoms with van der Waals surface area (Å²) in [7, 11) is 0. The maximum absolute atomic E-state index is 5.56. The molecule has 0 amide bonds. The van der Waals surface area contributed by atoms with E-state index in [0.717, 1.165) is 13.0 Å². The number of nitrogen functional groups attached to an aromatic ring is 1. The van der Waals surface area contributed by atoms with Gasteiger partial charge in [-0.1, -0.05) is 6.92 Å². The van der Waals surface area contributed by atoms with E-state index >= 15 is 0 Å². The first-order valence-corrected chi connectivity index (χ1v) is 5.51. The lowest BCUT2D eigenvalue weighted by Crippen LogP contribution is -2.09. The Balaban J connectivity index is 2.34. The Bertz CT molecular complexity index is 309. The van der Waals surface area contributed by atoms with Crippen LogP contribution in [0.25, 0.3) is 0 Å². The fourth-order valence-electron chi connectivity index (χ4n) is 0.911. The third kappa shape index (κ3) is 4.01. The highest BCUT2D eigenvalue weighted by Crippen LogP contribution is 2.25. The second kappa shape index (κ2) is 6.58. The molecule has 0 aliphatic rings. The SMILES string of the molecule is CCCOCCOc1ncnc(N)c1Br. The van der Waals surface area contributed by atoms with E-state index in [1.165, 1.54) is 6.33 Å². The number of anilines is 1. The highest BCUT2D eigenvalue weighted by atomic mass is 79.9. The fraction of sp³-hybridized carbons (Fsp3) is 0.556. The van der Waals surface area contributed by atoms with Crippen LogP contribution in [0.3, 0.4) is 0 Å². The van der Waals surface area contributed by atoms with E-state index in [1.54, 1.807) is 0 Å². The van der Waals surface area contributed by atoms with Crippen molar-refractivity contribution in [2.24, 2.45) is 0 Å². The number of aromatic nitrogens is 2. The third-order valence-corrected chi connectivity index (χ3v) is 2.34. The summed E-state index contributed by atoms with van der Waals surface area (Å²) >= 11 is 3.25. The maximum Gasteiger partial charge on any atom is 0.233 e. The molecule has 2 N–H and O–H groups in total. The summed E-state index contributed by atoms with van der Waals surface area (Å²) in [5, 5.41) is 0. The molecule has 0 aliphatic heterocycles. The predicted molar refractivity (Wildman–Crippen MR) is 60.7 cm³/mol. The molecule has 1 rings (SSSR count). The molecule has 0 saturated heterocycles. The van der Waals surface area contributed by atoms with Crippen LogP contribution in [-0.4, -0.2) is 29.8 Å². The maximum atomic E-state index is 5.56. The molecule has 0 saturated carbocycles. The quantitative estimate of drug-likeness (QED) is 0.799. The van der Waals surface area contributed by atoms with Gasteiger partial charge in [-0.3, -0.25) is 0 Å². The fourth-order valence-corrected chi connectivity index (χ4v) is 1.23. The molecule has 0 radical (unpaired) electrons. The van der Waals surface area contributed by atoms with E-state index in [9.17, 15) is 0 Å². The van der Waals surface area contributed by atoms with Gasteiger partial charge in [0.1, 0.15) is 23.2 Å². The number of nitrogens with zero attached hydrogens (tertiary/aromatic N) is 2. The van der Waals surface area contributed by atoms with E-state index < -0.39 is 0 Å². The van der Waals surface area contributed by atoms with Crippen LogP contribution < -0.4 is 10.5 Å². The van der Waals surface area contributed by atoms with Gasteiger partial charge in [-0.25, -0.2) is 9.97 Å². The number of halogens is 1. The Morgan fingerprint density at radius 3 is 2.87 bits per heavy atom. The van der Waals surface area contributed by atoms with Crippen molar-refractivity contribution in [1.29, 1.82) is 0 Å². The summed E-state index contributed by atoms with van der Waals surface area (Å²) in [6.45, 7) is 3.80. The molecule has 0 spiro atoms. The molecule has 1 aromatic heterocycles. The summed E-state index contributed by atoms with van der Waals surface area (Å²) in [6.07, 6.45) is 2.37. The molecule has 0 aromatic carbocycles. The predicted octanol–water partition coefficient (Wildman–Crippen LogP) is 1.63.